The standard InChI is InChI=1S/C17H27NS/c1-13(2)16(14-7-6-12-19-14)18-15-8-11-17(15)9-4-3-5-10-17/h6-7,12-13,15-16,18H,3-5,8-11H2,1-2H3. The highest BCUT2D eigenvalue weighted by Gasteiger charge is 2.47. The van der Waals surface area contributed by atoms with E-state index in [2.05, 4.69) is 36.7 Å². The van der Waals surface area contributed by atoms with Crippen LogP contribution in [0.4, 0.5) is 0 Å². The molecule has 3 rings (SSSR count). The lowest BCUT2D eigenvalue weighted by molar-refractivity contribution is 0.0130. The Morgan fingerprint density at radius 3 is 2.53 bits per heavy atom. The molecule has 0 amide bonds. The molecule has 1 heterocycles. The van der Waals surface area contributed by atoms with Gasteiger partial charge in [0.2, 0.25) is 0 Å². The number of thiophene rings is 1. The zero-order valence-corrected chi connectivity index (χ0v) is 13.1. The lowest BCUT2D eigenvalue weighted by atomic mass is 9.57. The lowest BCUT2D eigenvalue weighted by Crippen LogP contribution is -2.55. The summed E-state index contributed by atoms with van der Waals surface area (Å²) >= 11 is 1.91. The summed E-state index contributed by atoms with van der Waals surface area (Å²) in [6.07, 6.45) is 10.2. The van der Waals surface area contributed by atoms with E-state index in [1.807, 2.05) is 11.3 Å². The molecule has 0 aromatic carbocycles. The maximum Gasteiger partial charge on any atom is 0.0440 e. The molecule has 1 aromatic rings. The van der Waals surface area contributed by atoms with Crippen molar-refractivity contribution in [2.45, 2.75) is 70.9 Å². The molecule has 1 nitrogen and oxygen atoms in total. The Morgan fingerprint density at radius 2 is 2.00 bits per heavy atom. The van der Waals surface area contributed by atoms with Crippen molar-refractivity contribution in [1.82, 2.24) is 5.32 Å². The van der Waals surface area contributed by atoms with Gasteiger partial charge in [-0.15, -0.1) is 11.3 Å². The third-order valence-corrected chi connectivity index (χ3v) is 6.37. The van der Waals surface area contributed by atoms with Crippen LogP contribution in [0.1, 0.15) is 69.7 Å². The SMILES string of the molecule is CC(C)C(NC1CCC12CCCCC2)c1cccs1. The number of hydrogen-bond donors (Lipinski definition) is 1. The normalized spacial score (nSPS) is 27.4. The van der Waals surface area contributed by atoms with Gasteiger partial charge >= 0.3 is 0 Å². The molecular formula is C17H27NS. The average Bonchev–Trinajstić information content (AvgIpc) is 2.92. The fraction of sp³-hybridized carbons (Fsp3) is 0.765. The smallest absolute Gasteiger partial charge is 0.0440 e. The van der Waals surface area contributed by atoms with Crippen molar-refractivity contribution in [2.24, 2.45) is 11.3 Å². The lowest BCUT2D eigenvalue weighted by Gasteiger charge is -2.54. The second-order valence-electron chi connectivity index (χ2n) is 6.92. The number of hydrogen-bond acceptors (Lipinski definition) is 2. The van der Waals surface area contributed by atoms with Crippen LogP contribution < -0.4 is 5.32 Å². The summed E-state index contributed by atoms with van der Waals surface area (Å²) in [5.74, 6) is 0.680. The van der Waals surface area contributed by atoms with Crippen LogP contribution in [0, 0.1) is 11.3 Å². The summed E-state index contributed by atoms with van der Waals surface area (Å²) in [6, 6.07) is 5.83. The topological polar surface area (TPSA) is 12.0 Å². The summed E-state index contributed by atoms with van der Waals surface area (Å²) in [5, 5.41) is 6.24. The molecule has 1 spiro atoms. The second kappa shape index (κ2) is 5.57. The number of nitrogens with one attached hydrogen (secondary N) is 1. The van der Waals surface area contributed by atoms with Crippen LogP contribution in [0.3, 0.4) is 0 Å². The van der Waals surface area contributed by atoms with Gasteiger partial charge in [0.05, 0.1) is 0 Å². The van der Waals surface area contributed by atoms with Crippen molar-refractivity contribution >= 4 is 11.3 Å². The zero-order chi connectivity index (χ0) is 13.3. The fourth-order valence-corrected chi connectivity index (χ4v) is 5.06. The molecule has 2 atom stereocenters. The second-order valence-corrected chi connectivity index (χ2v) is 7.90. The minimum Gasteiger partial charge on any atom is -0.306 e. The van der Waals surface area contributed by atoms with E-state index in [9.17, 15) is 0 Å². The Hall–Kier alpha value is -0.340. The minimum absolute atomic E-state index is 0.559. The van der Waals surface area contributed by atoms with Gasteiger partial charge in [-0.05, 0) is 48.5 Å². The van der Waals surface area contributed by atoms with Gasteiger partial charge in [-0.25, -0.2) is 0 Å². The first kappa shape index (κ1) is 13.6. The van der Waals surface area contributed by atoms with Gasteiger partial charge in [0.25, 0.3) is 0 Å². The first-order valence-electron chi connectivity index (χ1n) is 8.01. The van der Waals surface area contributed by atoms with Gasteiger partial charge in [-0.2, -0.15) is 0 Å². The molecule has 2 aliphatic carbocycles. The van der Waals surface area contributed by atoms with E-state index in [-0.39, 0.29) is 0 Å². The van der Waals surface area contributed by atoms with Crippen molar-refractivity contribution in [1.29, 1.82) is 0 Å². The first-order chi connectivity index (χ1) is 9.21. The third kappa shape index (κ3) is 2.62. The van der Waals surface area contributed by atoms with Crippen LogP contribution in [0.2, 0.25) is 0 Å². The highest BCUT2D eigenvalue weighted by atomic mass is 32.1. The molecule has 2 heteroatoms. The molecule has 2 fully saturated rings. The summed E-state index contributed by atoms with van der Waals surface area (Å²) in [7, 11) is 0. The molecule has 1 aromatic heterocycles. The molecule has 0 radical (unpaired) electrons. The molecule has 106 valence electrons. The van der Waals surface area contributed by atoms with Gasteiger partial charge in [-0.1, -0.05) is 39.2 Å². The largest absolute Gasteiger partial charge is 0.306 e. The van der Waals surface area contributed by atoms with E-state index in [4.69, 9.17) is 0 Å². The highest BCUT2D eigenvalue weighted by Crippen LogP contribution is 2.52. The van der Waals surface area contributed by atoms with Gasteiger partial charge < -0.3 is 5.32 Å². The van der Waals surface area contributed by atoms with Crippen LogP contribution in [0.25, 0.3) is 0 Å². The summed E-state index contributed by atoms with van der Waals surface area (Å²) in [4.78, 5) is 1.52. The van der Waals surface area contributed by atoms with Crippen LogP contribution in [0.5, 0.6) is 0 Å². The van der Waals surface area contributed by atoms with Crippen molar-refractivity contribution in [3.63, 3.8) is 0 Å². The molecule has 19 heavy (non-hydrogen) atoms. The molecule has 0 aliphatic heterocycles. The zero-order valence-electron chi connectivity index (χ0n) is 12.3. The average molecular weight is 277 g/mol. The summed E-state index contributed by atoms with van der Waals surface area (Å²) < 4.78 is 0. The van der Waals surface area contributed by atoms with Crippen LogP contribution in [-0.4, -0.2) is 6.04 Å². The van der Waals surface area contributed by atoms with Gasteiger partial charge in [-0.3, -0.25) is 0 Å². The maximum atomic E-state index is 4.03. The van der Waals surface area contributed by atoms with E-state index in [0.717, 1.165) is 6.04 Å². The van der Waals surface area contributed by atoms with Gasteiger partial charge in [0.1, 0.15) is 0 Å². The maximum absolute atomic E-state index is 4.03. The Bertz CT molecular complexity index is 389. The van der Waals surface area contributed by atoms with Crippen LogP contribution in [-0.2, 0) is 0 Å². The predicted octanol–water partition coefficient (Wildman–Crippen LogP) is 5.15. The first-order valence-corrected chi connectivity index (χ1v) is 8.89. The molecule has 2 saturated carbocycles. The molecule has 0 bridgehead atoms. The van der Waals surface area contributed by atoms with Crippen LogP contribution >= 0.6 is 11.3 Å². The van der Waals surface area contributed by atoms with Crippen molar-refractivity contribution in [2.75, 3.05) is 0 Å². The Labute approximate surface area is 121 Å². The molecule has 2 unspecified atom stereocenters. The Balaban J connectivity index is 1.69. The van der Waals surface area contributed by atoms with Crippen molar-refractivity contribution in [3.8, 4) is 0 Å². The Kier molecular flexibility index (Phi) is 4.00. The van der Waals surface area contributed by atoms with Crippen molar-refractivity contribution in [3.05, 3.63) is 22.4 Å². The minimum atomic E-state index is 0.559. The summed E-state index contributed by atoms with van der Waals surface area (Å²) in [6.45, 7) is 4.70. The van der Waals surface area contributed by atoms with E-state index in [1.165, 1.54) is 49.8 Å². The van der Waals surface area contributed by atoms with Crippen LogP contribution in [0.15, 0.2) is 17.5 Å². The third-order valence-electron chi connectivity index (χ3n) is 5.42. The van der Waals surface area contributed by atoms with Gasteiger partial charge in [0.15, 0.2) is 0 Å². The molecule has 0 saturated heterocycles. The quantitative estimate of drug-likeness (QED) is 0.802. The number of rotatable bonds is 4. The predicted molar refractivity (Wildman–Crippen MR) is 83.6 cm³/mol. The molecule has 2 aliphatic rings. The van der Waals surface area contributed by atoms with Crippen molar-refractivity contribution < 1.29 is 0 Å². The van der Waals surface area contributed by atoms with Gasteiger partial charge in [0, 0.05) is 17.0 Å². The van der Waals surface area contributed by atoms with E-state index in [0.29, 0.717) is 17.4 Å². The highest BCUT2D eigenvalue weighted by molar-refractivity contribution is 7.10. The monoisotopic (exact) mass is 277 g/mol. The van der Waals surface area contributed by atoms with E-state index in [1.54, 1.807) is 0 Å². The Morgan fingerprint density at radius 1 is 1.21 bits per heavy atom. The molecule has 1 N–H and O–H groups in total. The molecular weight excluding hydrogens is 250 g/mol. The van der Waals surface area contributed by atoms with E-state index < -0.39 is 0 Å². The summed E-state index contributed by atoms with van der Waals surface area (Å²) in [5.41, 5.74) is 0.669. The fourth-order valence-electron chi connectivity index (χ4n) is 4.10. The van der Waals surface area contributed by atoms with E-state index >= 15 is 0 Å².